The number of aryl methyl sites for hydroxylation is 1. The van der Waals surface area contributed by atoms with E-state index in [1.807, 2.05) is 38.1 Å². The Labute approximate surface area is 264 Å². The van der Waals surface area contributed by atoms with Gasteiger partial charge in [-0.15, -0.1) is 0 Å². The van der Waals surface area contributed by atoms with Crippen LogP contribution in [0.1, 0.15) is 49.8 Å². The number of nitrogens with zero attached hydrogens (tertiary/aromatic N) is 1. The number of hydroxylamine groups is 1. The lowest BCUT2D eigenvalue weighted by molar-refractivity contribution is -0.151. The van der Waals surface area contributed by atoms with Gasteiger partial charge < -0.3 is 20.1 Å². The maximum atomic E-state index is 14.1. The van der Waals surface area contributed by atoms with Crippen molar-refractivity contribution in [3.8, 4) is 0 Å². The lowest BCUT2D eigenvalue weighted by Gasteiger charge is -2.32. The number of ether oxygens (including phenoxy) is 1. The Balaban J connectivity index is 1.84. The van der Waals surface area contributed by atoms with E-state index in [9.17, 15) is 27.1 Å². The number of unbranched alkanes of at least 4 members (excludes halogenated alkanes) is 1. The Hall–Kier alpha value is -2.56. The first-order chi connectivity index (χ1) is 21.5. The molecule has 0 unspecified atom stereocenters. The highest BCUT2D eigenvalue weighted by Crippen LogP contribution is 2.16. The first-order valence-corrected chi connectivity index (χ1v) is 17.2. The standard InChI is InChI=1S/C31H47F2N5O6S/c1-3-5-11-45(41,42)20-29(37-44-21-43-27-9-10-35-17-27)31(40)38(18-23-8-6-7-22(4-2)12-23)19-30(39)28(36-34)15-24-13-25(32)16-26(33)14-24/h6-8,12-14,16,27-30,35-37,39H,3-5,9-11,15,17-21,34H2,1-2H3/t27-,28+,29-,30-/m1/s1. The predicted octanol–water partition coefficient (Wildman–Crippen LogP) is 1.73. The Morgan fingerprint density at radius 3 is 2.53 bits per heavy atom. The molecule has 2 aromatic rings. The van der Waals surface area contributed by atoms with E-state index in [1.165, 1.54) is 4.90 Å². The number of carbonyl (C=O) groups excluding carboxylic acids is 1. The highest BCUT2D eigenvalue weighted by Gasteiger charge is 2.32. The molecular weight excluding hydrogens is 608 g/mol. The zero-order chi connectivity index (χ0) is 32.8. The molecular formula is C31H47F2N5O6S. The fourth-order valence-corrected chi connectivity index (χ4v) is 6.77. The van der Waals surface area contributed by atoms with E-state index in [-0.39, 0.29) is 43.7 Å². The Bertz CT molecular complexity index is 1290. The van der Waals surface area contributed by atoms with Gasteiger partial charge in [0.2, 0.25) is 5.91 Å². The summed E-state index contributed by atoms with van der Waals surface area (Å²) >= 11 is 0. The smallest absolute Gasteiger partial charge is 0.243 e. The fourth-order valence-electron chi connectivity index (χ4n) is 5.16. The first-order valence-electron chi connectivity index (χ1n) is 15.4. The summed E-state index contributed by atoms with van der Waals surface area (Å²) in [6, 6.07) is 8.40. The van der Waals surface area contributed by atoms with E-state index >= 15 is 0 Å². The summed E-state index contributed by atoms with van der Waals surface area (Å²) in [5.74, 6) is 2.95. The molecule has 45 heavy (non-hydrogen) atoms. The monoisotopic (exact) mass is 655 g/mol. The lowest BCUT2D eigenvalue weighted by Crippen LogP contribution is -2.55. The van der Waals surface area contributed by atoms with Crippen LogP contribution in [0.4, 0.5) is 8.78 Å². The van der Waals surface area contributed by atoms with Gasteiger partial charge in [0, 0.05) is 25.7 Å². The first kappa shape index (κ1) is 36.9. The predicted molar refractivity (Wildman–Crippen MR) is 167 cm³/mol. The minimum Gasteiger partial charge on any atom is -0.390 e. The van der Waals surface area contributed by atoms with Crippen LogP contribution < -0.4 is 22.1 Å². The number of aliphatic hydroxyl groups excluding tert-OH is 1. The molecule has 1 aliphatic rings. The molecule has 0 radical (unpaired) electrons. The number of aliphatic hydroxyl groups is 1. The van der Waals surface area contributed by atoms with E-state index in [0.717, 1.165) is 48.7 Å². The molecule has 3 rings (SSSR count). The third-order valence-electron chi connectivity index (χ3n) is 7.68. The number of rotatable bonds is 20. The van der Waals surface area contributed by atoms with Crippen LogP contribution in [0.15, 0.2) is 42.5 Å². The summed E-state index contributed by atoms with van der Waals surface area (Å²) < 4.78 is 59.3. The van der Waals surface area contributed by atoms with Gasteiger partial charge in [0.1, 0.15) is 17.7 Å². The largest absolute Gasteiger partial charge is 0.390 e. The summed E-state index contributed by atoms with van der Waals surface area (Å²) in [5, 5.41) is 14.4. The van der Waals surface area contributed by atoms with Gasteiger partial charge >= 0.3 is 0 Å². The maximum absolute atomic E-state index is 14.1. The van der Waals surface area contributed by atoms with Crippen molar-refractivity contribution >= 4 is 15.7 Å². The normalized spacial score (nSPS) is 17.2. The molecule has 0 aliphatic carbocycles. The summed E-state index contributed by atoms with van der Waals surface area (Å²) in [4.78, 5) is 20.9. The molecule has 1 heterocycles. The van der Waals surface area contributed by atoms with Crippen molar-refractivity contribution < 1.29 is 36.7 Å². The Kier molecular flexibility index (Phi) is 15.2. The fraction of sp³-hybridized carbons (Fsp3) is 0.581. The van der Waals surface area contributed by atoms with E-state index in [1.54, 1.807) is 0 Å². The number of hydrogen-bond donors (Lipinski definition) is 5. The molecule has 252 valence electrons. The number of carbonyl (C=O) groups is 1. The van der Waals surface area contributed by atoms with Crippen LogP contribution in [0.3, 0.4) is 0 Å². The lowest BCUT2D eigenvalue weighted by atomic mass is 10.0. The minimum absolute atomic E-state index is 0.0384. The summed E-state index contributed by atoms with van der Waals surface area (Å²) in [5.41, 5.74) is 7.16. The van der Waals surface area contributed by atoms with Gasteiger partial charge in [0.25, 0.3) is 0 Å². The Morgan fingerprint density at radius 1 is 1.16 bits per heavy atom. The molecule has 6 N–H and O–H groups in total. The van der Waals surface area contributed by atoms with Gasteiger partial charge in [0.05, 0.1) is 29.8 Å². The highest BCUT2D eigenvalue weighted by molar-refractivity contribution is 7.91. The molecule has 2 aromatic carbocycles. The van der Waals surface area contributed by atoms with Gasteiger partial charge in [-0.3, -0.25) is 20.9 Å². The number of benzene rings is 2. The van der Waals surface area contributed by atoms with Crippen molar-refractivity contribution in [1.29, 1.82) is 0 Å². The molecule has 1 amide bonds. The van der Waals surface area contributed by atoms with Crippen molar-refractivity contribution in [3.05, 3.63) is 70.8 Å². The van der Waals surface area contributed by atoms with Crippen LogP contribution in [0.5, 0.6) is 0 Å². The summed E-state index contributed by atoms with van der Waals surface area (Å²) in [7, 11) is -3.66. The average molecular weight is 656 g/mol. The van der Waals surface area contributed by atoms with Crippen molar-refractivity contribution in [2.45, 2.75) is 76.8 Å². The molecule has 0 aromatic heterocycles. The average Bonchev–Trinajstić information content (AvgIpc) is 3.53. The molecule has 1 saturated heterocycles. The van der Waals surface area contributed by atoms with Crippen molar-refractivity contribution in [2.24, 2.45) is 5.84 Å². The minimum atomic E-state index is -3.66. The zero-order valence-corrected chi connectivity index (χ0v) is 26.8. The van der Waals surface area contributed by atoms with E-state index in [4.69, 9.17) is 15.4 Å². The second kappa shape index (κ2) is 18.6. The molecule has 0 saturated carbocycles. The number of sulfone groups is 1. The molecule has 14 heteroatoms. The quantitative estimate of drug-likeness (QED) is 0.0617. The molecule has 0 spiro atoms. The second-order valence-electron chi connectivity index (χ2n) is 11.4. The van der Waals surface area contributed by atoms with Crippen LogP contribution in [0, 0.1) is 11.6 Å². The molecule has 4 atom stereocenters. The number of amides is 1. The number of hydrogen-bond acceptors (Lipinski definition) is 10. The van der Waals surface area contributed by atoms with Crippen LogP contribution >= 0.6 is 0 Å². The van der Waals surface area contributed by atoms with Crippen LogP contribution in [-0.2, 0) is 43.6 Å². The van der Waals surface area contributed by atoms with Crippen LogP contribution in [-0.4, -0.2) is 86.6 Å². The van der Waals surface area contributed by atoms with Crippen LogP contribution in [0.2, 0.25) is 0 Å². The van der Waals surface area contributed by atoms with Crippen molar-refractivity contribution in [3.63, 3.8) is 0 Å². The van der Waals surface area contributed by atoms with E-state index in [2.05, 4.69) is 16.2 Å². The molecule has 11 nitrogen and oxygen atoms in total. The van der Waals surface area contributed by atoms with Gasteiger partial charge in [0.15, 0.2) is 16.6 Å². The topological polar surface area (TPSA) is 155 Å². The van der Waals surface area contributed by atoms with Crippen molar-refractivity contribution in [2.75, 3.05) is 37.9 Å². The Morgan fingerprint density at radius 2 is 1.89 bits per heavy atom. The van der Waals surface area contributed by atoms with Crippen molar-refractivity contribution in [1.82, 2.24) is 21.1 Å². The number of nitrogens with two attached hydrogens (primary N) is 1. The van der Waals surface area contributed by atoms with Gasteiger partial charge in [-0.1, -0.05) is 44.5 Å². The molecule has 0 bridgehead atoms. The third-order valence-corrected chi connectivity index (χ3v) is 9.43. The maximum Gasteiger partial charge on any atom is 0.243 e. The van der Waals surface area contributed by atoms with Crippen LogP contribution in [0.25, 0.3) is 0 Å². The third kappa shape index (κ3) is 12.6. The zero-order valence-electron chi connectivity index (χ0n) is 26.0. The number of halogens is 2. The molecule has 1 fully saturated rings. The van der Waals surface area contributed by atoms with E-state index < -0.39 is 51.3 Å². The summed E-state index contributed by atoms with van der Waals surface area (Å²) in [6.45, 7) is 4.95. The van der Waals surface area contributed by atoms with E-state index in [0.29, 0.717) is 19.4 Å². The highest BCUT2D eigenvalue weighted by atomic mass is 32.2. The summed E-state index contributed by atoms with van der Waals surface area (Å²) in [6.07, 6.45) is 1.29. The molecule has 1 aliphatic heterocycles. The SMILES string of the molecule is CCCCS(=O)(=O)C[C@@H](NOCO[C@@H]1CCNC1)C(=O)N(Cc1cccc(CC)c1)C[C@@H](O)[C@H](Cc1cc(F)cc(F)c1)NN. The van der Waals surface area contributed by atoms with Gasteiger partial charge in [-0.25, -0.2) is 17.2 Å². The number of hydrazine groups is 1. The van der Waals surface area contributed by atoms with Gasteiger partial charge in [-0.05, 0) is 61.1 Å². The van der Waals surface area contributed by atoms with Gasteiger partial charge in [-0.2, -0.15) is 5.48 Å². The number of nitrogens with one attached hydrogen (secondary N) is 3. The second-order valence-corrected chi connectivity index (χ2v) is 13.6.